The van der Waals surface area contributed by atoms with Crippen molar-refractivity contribution in [1.29, 1.82) is 0 Å². The summed E-state index contributed by atoms with van der Waals surface area (Å²) in [6.45, 7) is 2.79. The van der Waals surface area contributed by atoms with Gasteiger partial charge in [0.1, 0.15) is 12.6 Å². The lowest BCUT2D eigenvalue weighted by Crippen LogP contribution is -2.29. The zero-order chi connectivity index (χ0) is 17.5. The van der Waals surface area contributed by atoms with Gasteiger partial charge in [-0.3, -0.25) is 9.69 Å². The topological polar surface area (TPSA) is 70.7 Å². The van der Waals surface area contributed by atoms with E-state index in [1.54, 1.807) is 7.05 Å². The Morgan fingerprint density at radius 1 is 1.33 bits per heavy atom. The van der Waals surface area contributed by atoms with Crippen LogP contribution in [0.1, 0.15) is 30.4 Å². The largest absolute Gasteiger partial charge is 0.445 e. The highest BCUT2D eigenvalue weighted by molar-refractivity contribution is 7.80. The van der Waals surface area contributed by atoms with Crippen molar-refractivity contribution >= 4 is 29.3 Å². The summed E-state index contributed by atoms with van der Waals surface area (Å²) in [5, 5.41) is 6.18. The van der Waals surface area contributed by atoms with Gasteiger partial charge in [0.15, 0.2) is 5.11 Å². The monoisotopic (exact) mass is 349 g/mol. The number of likely N-dealkylation sites (N-methyl/N-ethyl adjacent to an activating group) is 1. The Balaban J connectivity index is 1.56. The smallest absolute Gasteiger partial charge is 0.407 e. The minimum Gasteiger partial charge on any atom is -0.445 e. The number of nitrogens with one attached hydrogen (secondary N) is 2. The van der Waals surface area contributed by atoms with E-state index in [-0.39, 0.29) is 18.6 Å². The minimum absolute atomic E-state index is 0.00506. The van der Waals surface area contributed by atoms with E-state index < -0.39 is 6.09 Å². The van der Waals surface area contributed by atoms with Crippen LogP contribution in [0.25, 0.3) is 0 Å². The molecule has 1 saturated heterocycles. The first-order chi connectivity index (χ1) is 11.5. The van der Waals surface area contributed by atoms with Crippen LogP contribution in [0.2, 0.25) is 0 Å². The van der Waals surface area contributed by atoms with Crippen molar-refractivity contribution in [1.82, 2.24) is 15.5 Å². The Kier molecular flexibility index (Phi) is 6.54. The van der Waals surface area contributed by atoms with Gasteiger partial charge in [-0.2, -0.15) is 0 Å². The van der Waals surface area contributed by atoms with E-state index in [0.29, 0.717) is 18.1 Å². The van der Waals surface area contributed by atoms with Crippen LogP contribution in [-0.4, -0.2) is 41.6 Å². The molecule has 0 radical (unpaired) electrons. The first-order valence-corrected chi connectivity index (χ1v) is 8.42. The van der Waals surface area contributed by atoms with Gasteiger partial charge < -0.3 is 15.4 Å². The Bertz CT molecular complexity index is 604. The van der Waals surface area contributed by atoms with E-state index in [9.17, 15) is 9.59 Å². The molecule has 1 aliphatic heterocycles. The second kappa shape index (κ2) is 8.63. The Hall–Kier alpha value is -2.15. The summed E-state index contributed by atoms with van der Waals surface area (Å²) >= 11 is 5.03. The molecule has 0 spiro atoms. The molecule has 2 amide bonds. The van der Waals surface area contributed by atoms with Gasteiger partial charge >= 0.3 is 6.09 Å². The van der Waals surface area contributed by atoms with Crippen LogP contribution in [0.5, 0.6) is 0 Å². The number of hydrogen-bond acceptors (Lipinski definition) is 4. The summed E-state index contributed by atoms with van der Waals surface area (Å²) in [5.41, 5.74) is 2.13. The zero-order valence-corrected chi connectivity index (χ0v) is 14.8. The second-order valence-electron chi connectivity index (χ2n) is 5.88. The average Bonchev–Trinajstić information content (AvgIpc) is 2.81. The molecule has 6 nitrogen and oxygen atoms in total. The van der Waals surface area contributed by atoms with E-state index in [0.717, 1.165) is 18.4 Å². The van der Waals surface area contributed by atoms with E-state index in [2.05, 4.69) is 10.6 Å². The number of alkyl carbamates (subject to hydrolysis) is 1. The van der Waals surface area contributed by atoms with Crippen molar-refractivity contribution < 1.29 is 14.3 Å². The van der Waals surface area contributed by atoms with Crippen LogP contribution in [0.3, 0.4) is 0 Å². The van der Waals surface area contributed by atoms with Gasteiger partial charge in [-0.15, -0.1) is 0 Å². The van der Waals surface area contributed by atoms with Gasteiger partial charge in [0.2, 0.25) is 0 Å². The molecule has 1 aromatic rings. The molecule has 2 N–H and O–H groups in total. The molecule has 1 atom stereocenters. The highest BCUT2D eigenvalue weighted by atomic mass is 32.1. The fraction of sp³-hybridized carbons (Fsp3) is 0.471. The number of carbonyl (C=O) groups excluding carboxylic acids is 2. The summed E-state index contributed by atoms with van der Waals surface area (Å²) in [5.74, 6) is 0.00506. The normalized spacial score (nSPS) is 16.9. The quantitative estimate of drug-likeness (QED) is 0.583. The van der Waals surface area contributed by atoms with E-state index in [1.807, 2.05) is 31.2 Å². The molecule has 1 aliphatic rings. The molecule has 0 bridgehead atoms. The van der Waals surface area contributed by atoms with Crippen LogP contribution < -0.4 is 10.6 Å². The van der Waals surface area contributed by atoms with Crippen LogP contribution in [-0.2, 0) is 16.1 Å². The van der Waals surface area contributed by atoms with Crippen molar-refractivity contribution in [3.63, 3.8) is 0 Å². The SMILES string of the molecule is Cc1ccc(COC(=O)NCCCCC2NC(=S)N(C)C2=O)cc1. The molecule has 1 aromatic carbocycles. The number of unbranched alkanes of at least 4 members (excludes halogenated alkanes) is 1. The first kappa shape index (κ1) is 18.2. The molecule has 130 valence electrons. The fourth-order valence-electron chi connectivity index (χ4n) is 2.39. The number of carbonyl (C=O) groups is 2. The van der Waals surface area contributed by atoms with Crippen LogP contribution in [0.15, 0.2) is 24.3 Å². The number of hydrogen-bond donors (Lipinski definition) is 2. The van der Waals surface area contributed by atoms with E-state index >= 15 is 0 Å². The van der Waals surface area contributed by atoms with Gasteiger partial charge in [-0.1, -0.05) is 29.8 Å². The van der Waals surface area contributed by atoms with Gasteiger partial charge in [0, 0.05) is 13.6 Å². The third-order valence-electron chi connectivity index (χ3n) is 3.91. The van der Waals surface area contributed by atoms with Crippen molar-refractivity contribution in [2.24, 2.45) is 0 Å². The molecule has 1 unspecified atom stereocenters. The lowest BCUT2D eigenvalue weighted by Gasteiger charge is -2.09. The average molecular weight is 349 g/mol. The third kappa shape index (κ3) is 5.19. The Morgan fingerprint density at radius 3 is 2.67 bits per heavy atom. The molecule has 0 aliphatic carbocycles. The molecule has 1 heterocycles. The van der Waals surface area contributed by atoms with Crippen molar-refractivity contribution in [2.75, 3.05) is 13.6 Å². The molecular weight excluding hydrogens is 326 g/mol. The summed E-state index contributed by atoms with van der Waals surface area (Å²) in [4.78, 5) is 24.9. The molecule has 0 aromatic heterocycles. The zero-order valence-electron chi connectivity index (χ0n) is 14.0. The van der Waals surface area contributed by atoms with Crippen LogP contribution >= 0.6 is 12.2 Å². The molecule has 24 heavy (non-hydrogen) atoms. The van der Waals surface area contributed by atoms with E-state index in [1.165, 1.54) is 10.5 Å². The number of thiocarbonyl (C=S) groups is 1. The van der Waals surface area contributed by atoms with Crippen molar-refractivity contribution in [3.8, 4) is 0 Å². The Morgan fingerprint density at radius 2 is 2.04 bits per heavy atom. The number of amides is 2. The van der Waals surface area contributed by atoms with Gasteiger partial charge in [0.25, 0.3) is 5.91 Å². The van der Waals surface area contributed by atoms with Crippen LogP contribution in [0, 0.1) is 6.92 Å². The van der Waals surface area contributed by atoms with Crippen molar-refractivity contribution in [3.05, 3.63) is 35.4 Å². The lowest BCUT2D eigenvalue weighted by molar-refractivity contribution is -0.126. The molecule has 0 saturated carbocycles. The minimum atomic E-state index is -0.424. The van der Waals surface area contributed by atoms with Gasteiger partial charge in [-0.05, 0) is 44.0 Å². The number of rotatable bonds is 7. The molecule has 2 rings (SSSR count). The van der Waals surface area contributed by atoms with Gasteiger partial charge in [-0.25, -0.2) is 4.79 Å². The predicted molar refractivity (Wildman–Crippen MR) is 95.5 cm³/mol. The number of benzene rings is 1. The van der Waals surface area contributed by atoms with Crippen molar-refractivity contribution in [2.45, 2.75) is 38.8 Å². The summed E-state index contributed by atoms with van der Waals surface area (Å²) in [6.07, 6.45) is 1.87. The van der Waals surface area contributed by atoms with Crippen LogP contribution in [0.4, 0.5) is 4.79 Å². The highest BCUT2D eigenvalue weighted by Crippen LogP contribution is 2.10. The number of ether oxygens (including phenoxy) is 1. The summed E-state index contributed by atoms with van der Waals surface area (Å²) in [6, 6.07) is 7.61. The summed E-state index contributed by atoms with van der Waals surface area (Å²) < 4.78 is 5.15. The maximum atomic E-state index is 11.8. The maximum absolute atomic E-state index is 11.8. The standard InChI is InChI=1S/C17H23N3O3S/c1-12-6-8-13(9-7-12)11-23-17(22)18-10-4-3-5-14-15(21)20(2)16(24)19-14/h6-9,14H,3-5,10-11H2,1-2H3,(H,18,22)(H,19,24). The Labute approximate surface area is 147 Å². The lowest BCUT2D eigenvalue weighted by atomic mass is 10.1. The number of aryl methyl sites for hydroxylation is 1. The fourth-order valence-corrected chi connectivity index (χ4v) is 2.62. The van der Waals surface area contributed by atoms with E-state index in [4.69, 9.17) is 17.0 Å². The molecule has 7 heteroatoms. The molecular formula is C17H23N3O3S. The molecule has 1 fully saturated rings. The number of nitrogens with zero attached hydrogens (tertiary/aromatic N) is 1. The maximum Gasteiger partial charge on any atom is 0.407 e. The third-order valence-corrected chi connectivity index (χ3v) is 4.30. The van der Waals surface area contributed by atoms with Gasteiger partial charge in [0.05, 0.1) is 0 Å². The highest BCUT2D eigenvalue weighted by Gasteiger charge is 2.31. The predicted octanol–water partition coefficient (Wildman–Crippen LogP) is 2.11. The first-order valence-electron chi connectivity index (χ1n) is 8.01. The second-order valence-corrected chi connectivity index (χ2v) is 6.27. The summed E-state index contributed by atoms with van der Waals surface area (Å²) in [7, 11) is 1.67.